The van der Waals surface area contributed by atoms with Gasteiger partial charge in [0, 0.05) is 37.6 Å². The number of halogens is 2. The fraction of sp³-hybridized carbons (Fsp3) is 0.105. The molecular weight excluding hydrogens is 324 g/mol. The van der Waals surface area contributed by atoms with Crippen LogP contribution in [0.2, 0.25) is 0 Å². The highest BCUT2D eigenvalue weighted by atomic mass is 19.2. The van der Waals surface area contributed by atoms with Crippen LogP contribution in [0.4, 0.5) is 26.0 Å². The van der Waals surface area contributed by atoms with Crippen molar-refractivity contribution in [2.45, 2.75) is 0 Å². The highest BCUT2D eigenvalue weighted by Crippen LogP contribution is 2.26. The lowest BCUT2D eigenvalue weighted by Gasteiger charge is -2.14. The van der Waals surface area contributed by atoms with Gasteiger partial charge in [0.1, 0.15) is 17.3 Å². The minimum absolute atomic E-state index is 0.416. The molecule has 25 heavy (non-hydrogen) atoms. The van der Waals surface area contributed by atoms with Crippen LogP contribution in [0.15, 0.2) is 60.8 Å². The highest BCUT2D eigenvalue weighted by Gasteiger charge is 2.05. The second kappa shape index (κ2) is 7.17. The van der Waals surface area contributed by atoms with Gasteiger partial charge in [0.05, 0.1) is 6.20 Å². The second-order valence-electron chi connectivity index (χ2n) is 5.63. The van der Waals surface area contributed by atoms with E-state index in [1.165, 1.54) is 6.07 Å². The van der Waals surface area contributed by atoms with E-state index in [-0.39, 0.29) is 0 Å². The van der Waals surface area contributed by atoms with Crippen molar-refractivity contribution in [1.82, 2.24) is 4.98 Å². The first-order valence-electron chi connectivity index (χ1n) is 7.64. The minimum Gasteiger partial charge on any atom is -0.456 e. The monoisotopic (exact) mass is 341 g/mol. The van der Waals surface area contributed by atoms with Gasteiger partial charge in [-0.25, -0.2) is 13.8 Å². The Kier molecular flexibility index (Phi) is 4.79. The van der Waals surface area contributed by atoms with Gasteiger partial charge in [-0.15, -0.1) is 0 Å². The summed E-state index contributed by atoms with van der Waals surface area (Å²) in [7, 11) is 3.92. The maximum Gasteiger partial charge on any atom is 0.160 e. The predicted molar refractivity (Wildman–Crippen MR) is 94.7 cm³/mol. The Morgan fingerprint density at radius 3 is 2.44 bits per heavy atom. The molecule has 0 bridgehead atoms. The molecule has 0 fully saturated rings. The predicted octanol–water partition coefficient (Wildman–Crippen LogP) is 4.96. The summed E-state index contributed by atoms with van der Waals surface area (Å²) in [6, 6.07) is 14.7. The number of nitrogens with one attached hydrogen (secondary N) is 1. The van der Waals surface area contributed by atoms with Crippen LogP contribution in [-0.4, -0.2) is 19.1 Å². The summed E-state index contributed by atoms with van der Waals surface area (Å²) in [5.41, 5.74) is 1.45. The van der Waals surface area contributed by atoms with Crippen molar-refractivity contribution in [2.75, 3.05) is 24.3 Å². The summed E-state index contributed by atoms with van der Waals surface area (Å²) < 4.78 is 31.9. The van der Waals surface area contributed by atoms with Gasteiger partial charge in [0.25, 0.3) is 0 Å². The molecule has 1 heterocycles. The SMILES string of the molecule is CN(C)c1cccc(Oc2ccc(Nc3ccc(F)c(F)c3)nc2)c1. The molecule has 128 valence electrons. The van der Waals surface area contributed by atoms with Crippen molar-refractivity contribution in [3.8, 4) is 11.5 Å². The largest absolute Gasteiger partial charge is 0.456 e. The van der Waals surface area contributed by atoms with Gasteiger partial charge in [0.2, 0.25) is 0 Å². The summed E-state index contributed by atoms with van der Waals surface area (Å²) in [5, 5.41) is 2.91. The van der Waals surface area contributed by atoms with Crippen molar-refractivity contribution < 1.29 is 13.5 Å². The smallest absolute Gasteiger partial charge is 0.160 e. The van der Waals surface area contributed by atoms with Crippen LogP contribution in [0.25, 0.3) is 0 Å². The molecule has 1 aromatic heterocycles. The van der Waals surface area contributed by atoms with E-state index < -0.39 is 11.6 Å². The lowest BCUT2D eigenvalue weighted by molar-refractivity contribution is 0.480. The number of hydrogen-bond acceptors (Lipinski definition) is 4. The standard InChI is InChI=1S/C19H17F2N3O/c1-24(2)14-4-3-5-15(11-14)25-16-7-9-19(22-12-16)23-13-6-8-17(20)18(21)10-13/h3-12H,1-2H3,(H,22,23). The Bertz CT molecular complexity index is 867. The molecular formula is C19H17F2N3O. The summed E-state index contributed by atoms with van der Waals surface area (Å²) >= 11 is 0. The minimum atomic E-state index is -0.911. The third kappa shape index (κ3) is 4.23. The molecule has 0 atom stereocenters. The van der Waals surface area contributed by atoms with E-state index in [9.17, 15) is 8.78 Å². The van der Waals surface area contributed by atoms with E-state index in [0.717, 1.165) is 17.8 Å². The van der Waals surface area contributed by atoms with Gasteiger partial charge < -0.3 is 15.0 Å². The number of pyridine rings is 1. The Morgan fingerprint density at radius 2 is 1.76 bits per heavy atom. The summed E-state index contributed by atoms with van der Waals surface area (Å²) in [5.74, 6) is -0.0191. The van der Waals surface area contributed by atoms with E-state index in [1.54, 1.807) is 18.3 Å². The number of rotatable bonds is 5. The van der Waals surface area contributed by atoms with Gasteiger partial charge in [-0.2, -0.15) is 0 Å². The lowest BCUT2D eigenvalue weighted by atomic mass is 10.3. The molecule has 3 rings (SSSR count). The average Bonchev–Trinajstić information content (AvgIpc) is 2.60. The van der Waals surface area contributed by atoms with Crippen LogP contribution in [0.3, 0.4) is 0 Å². The van der Waals surface area contributed by atoms with Gasteiger partial charge in [0.15, 0.2) is 11.6 Å². The van der Waals surface area contributed by atoms with Crippen LogP contribution >= 0.6 is 0 Å². The van der Waals surface area contributed by atoms with Gasteiger partial charge >= 0.3 is 0 Å². The van der Waals surface area contributed by atoms with Crippen LogP contribution in [0.5, 0.6) is 11.5 Å². The van der Waals surface area contributed by atoms with E-state index >= 15 is 0 Å². The molecule has 6 heteroatoms. The average molecular weight is 341 g/mol. The Hall–Kier alpha value is -3.15. The lowest BCUT2D eigenvalue weighted by Crippen LogP contribution is -2.08. The summed E-state index contributed by atoms with van der Waals surface area (Å²) in [6.45, 7) is 0. The first-order valence-corrected chi connectivity index (χ1v) is 7.64. The number of benzene rings is 2. The normalized spacial score (nSPS) is 10.4. The van der Waals surface area contributed by atoms with Gasteiger partial charge in [-0.3, -0.25) is 0 Å². The van der Waals surface area contributed by atoms with E-state index in [1.807, 2.05) is 43.3 Å². The molecule has 0 aliphatic heterocycles. The molecule has 0 unspecified atom stereocenters. The quantitative estimate of drug-likeness (QED) is 0.711. The topological polar surface area (TPSA) is 37.4 Å². The molecule has 3 aromatic rings. The van der Waals surface area contributed by atoms with Crippen molar-refractivity contribution in [2.24, 2.45) is 0 Å². The summed E-state index contributed by atoms with van der Waals surface area (Å²) in [4.78, 5) is 6.20. The fourth-order valence-corrected chi connectivity index (χ4v) is 2.20. The molecule has 2 aromatic carbocycles. The van der Waals surface area contributed by atoms with Crippen LogP contribution in [0, 0.1) is 11.6 Å². The Labute approximate surface area is 144 Å². The van der Waals surface area contributed by atoms with Crippen LogP contribution in [0.1, 0.15) is 0 Å². The third-order valence-electron chi connectivity index (χ3n) is 3.50. The number of anilines is 3. The molecule has 0 aliphatic rings. The number of hydrogen-bond donors (Lipinski definition) is 1. The maximum absolute atomic E-state index is 13.2. The number of ether oxygens (including phenoxy) is 1. The van der Waals surface area contributed by atoms with Crippen molar-refractivity contribution in [3.63, 3.8) is 0 Å². The number of aromatic nitrogens is 1. The Balaban J connectivity index is 1.69. The van der Waals surface area contributed by atoms with E-state index in [2.05, 4.69) is 10.3 Å². The molecule has 4 nitrogen and oxygen atoms in total. The van der Waals surface area contributed by atoms with Crippen LogP contribution < -0.4 is 15.0 Å². The Morgan fingerprint density at radius 1 is 0.920 bits per heavy atom. The molecule has 0 spiro atoms. The molecule has 0 saturated heterocycles. The zero-order valence-electron chi connectivity index (χ0n) is 13.8. The summed E-state index contributed by atoms with van der Waals surface area (Å²) in [6.07, 6.45) is 1.56. The van der Waals surface area contributed by atoms with E-state index in [4.69, 9.17) is 4.74 Å². The number of nitrogens with zero attached hydrogens (tertiary/aromatic N) is 2. The first kappa shape index (κ1) is 16.7. The van der Waals surface area contributed by atoms with E-state index in [0.29, 0.717) is 23.0 Å². The molecule has 0 radical (unpaired) electrons. The maximum atomic E-state index is 13.2. The fourth-order valence-electron chi connectivity index (χ4n) is 2.20. The zero-order valence-corrected chi connectivity index (χ0v) is 13.8. The van der Waals surface area contributed by atoms with Crippen molar-refractivity contribution in [3.05, 3.63) is 72.4 Å². The molecule has 0 amide bonds. The van der Waals surface area contributed by atoms with Crippen molar-refractivity contribution >= 4 is 17.2 Å². The first-order chi connectivity index (χ1) is 12.0. The zero-order chi connectivity index (χ0) is 17.8. The highest BCUT2D eigenvalue weighted by molar-refractivity contribution is 5.56. The molecule has 1 N–H and O–H groups in total. The van der Waals surface area contributed by atoms with Gasteiger partial charge in [-0.1, -0.05) is 6.07 Å². The van der Waals surface area contributed by atoms with Crippen LogP contribution in [-0.2, 0) is 0 Å². The third-order valence-corrected chi connectivity index (χ3v) is 3.50. The molecule has 0 saturated carbocycles. The molecule has 0 aliphatic carbocycles. The van der Waals surface area contributed by atoms with Gasteiger partial charge in [-0.05, 0) is 36.4 Å². The van der Waals surface area contributed by atoms with Crippen molar-refractivity contribution in [1.29, 1.82) is 0 Å². The second-order valence-corrected chi connectivity index (χ2v) is 5.63.